The quantitative estimate of drug-likeness (QED) is 0.182. The van der Waals surface area contributed by atoms with E-state index in [1.54, 1.807) is 71.6 Å². The standard InChI is InChI=1S/C22H30N10O3/c1-29-10-13(23)7-16(29)20(34)26-15-9-18(31(3)12-15)21(35)27-14-8-17(30(2)11-14)19(33)24-5-6-25-22-28-32(22)4/h7-12,22,25,28H,5-6,23H2,1-4H3,(H,24,33)(H,26,34)(H,27,35). The maximum atomic E-state index is 12.9. The van der Waals surface area contributed by atoms with E-state index in [1.807, 2.05) is 12.1 Å². The van der Waals surface area contributed by atoms with Crippen LogP contribution in [-0.4, -0.2) is 62.9 Å². The largest absolute Gasteiger partial charge is 0.397 e. The van der Waals surface area contributed by atoms with E-state index in [-0.39, 0.29) is 24.0 Å². The van der Waals surface area contributed by atoms with Crippen LogP contribution in [0.3, 0.4) is 0 Å². The zero-order valence-corrected chi connectivity index (χ0v) is 20.0. The fraction of sp³-hybridized carbons (Fsp3) is 0.318. The molecule has 1 aliphatic heterocycles. The Morgan fingerprint density at radius 3 is 1.77 bits per heavy atom. The van der Waals surface area contributed by atoms with Crippen molar-refractivity contribution >= 4 is 34.8 Å². The molecule has 4 rings (SSSR count). The monoisotopic (exact) mass is 482 g/mol. The number of nitrogens with two attached hydrogens (primary N) is 1. The lowest BCUT2D eigenvalue weighted by atomic mass is 10.3. The molecule has 4 heterocycles. The number of nitrogens with one attached hydrogen (secondary N) is 5. The van der Waals surface area contributed by atoms with Crippen molar-refractivity contribution in [3.63, 3.8) is 0 Å². The van der Waals surface area contributed by atoms with Crippen LogP contribution < -0.4 is 32.4 Å². The normalized spacial score (nSPS) is 16.7. The molecule has 2 atom stereocenters. The molecule has 0 radical (unpaired) electrons. The minimum absolute atomic E-state index is 0.145. The smallest absolute Gasteiger partial charge is 0.272 e. The molecule has 3 aromatic heterocycles. The fourth-order valence-electron chi connectivity index (χ4n) is 3.74. The van der Waals surface area contributed by atoms with Crippen molar-refractivity contribution < 1.29 is 14.4 Å². The molecule has 0 aliphatic carbocycles. The summed E-state index contributed by atoms with van der Waals surface area (Å²) in [4.78, 5) is 37.9. The molecule has 35 heavy (non-hydrogen) atoms. The van der Waals surface area contributed by atoms with Gasteiger partial charge in [0.2, 0.25) is 0 Å². The van der Waals surface area contributed by atoms with Crippen molar-refractivity contribution in [2.75, 3.05) is 36.5 Å². The molecule has 13 heteroatoms. The number of aromatic nitrogens is 3. The lowest BCUT2D eigenvalue weighted by Gasteiger charge is -2.06. The molecule has 0 aromatic carbocycles. The van der Waals surface area contributed by atoms with Gasteiger partial charge in [-0.25, -0.2) is 10.4 Å². The number of carbonyl (C=O) groups excluding carboxylic acids is 3. The third-order valence-corrected chi connectivity index (χ3v) is 5.64. The van der Waals surface area contributed by atoms with E-state index in [0.29, 0.717) is 47.2 Å². The van der Waals surface area contributed by atoms with Gasteiger partial charge in [-0.1, -0.05) is 0 Å². The van der Waals surface area contributed by atoms with Crippen molar-refractivity contribution in [1.82, 2.24) is 34.8 Å². The Balaban J connectivity index is 1.34. The number of aryl methyl sites for hydroxylation is 3. The van der Waals surface area contributed by atoms with E-state index in [1.165, 1.54) is 0 Å². The van der Waals surface area contributed by atoms with Crippen LogP contribution in [-0.2, 0) is 21.1 Å². The summed E-state index contributed by atoms with van der Waals surface area (Å²) in [6.45, 7) is 1.08. The SMILES string of the molecule is CN1NC1NCCNC(=O)c1cc(NC(=O)c2cc(NC(=O)c3cc(N)cn3C)cn2C)cn1C. The first-order chi connectivity index (χ1) is 16.6. The molecule has 0 bridgehead atoms. The molecule has 3 amide bonds. The van der Waals surface area contributed by atoms with Crippen molar-refractivity contribution in [3.8, 4) is 0 Å². The highest BCUT2D eigenvalue weighted by Gasteiger charge is 2.27. The summed E-state index contributed by atoms with van der Waals surface area (Å²) in [5, 5.41) is 13.5. The van der Waals surface area contributed by atoms with Crippen molar-refractivity contribution in [2.45, 2.75) is 6.29 Å². The number of hydrogen-bond donors (Lipinski definition) is 6. The van der Waals surface area contributed by atoms with Crippen molar-refractivity contribution in [2.24, 2.45) is 21.1 Å². The minimum atomic E-state index is -0.376. The summed E-state index contributed by atoms with van der Waals surface area (Å²) in [6.07, 6.45) is 5.10. The topological polar surface area (TPSA) is 165 Å². The Morgan fingerprint density at radius 1 is 0.800 bits per heavy atom. The van der Waals surface area contributed by atoms with Crippen LogP contribution in [0, 0.1) is 0 Å². The van der Waals surface area contributed by atoms with Gasteiger partial charge in [-0.15, -0.1) is 0 Å². The molecular weight excluding hydrogens is 452 g/mol. The van der Waals surface area contributed by atoms with Gasteiger partial charge in [-0.3, -0.25) is 19.7 Å². The lowest BCUT2D eigenvalue weighted by Crippen LogP contribution is -2.34. The van der Waals surface area contributed by atoms with Crippen LogP contribution in [0.4, 0.5) is 17.1 Å². The van der Waals surface area contributed by atoms with Crippen molar-refractivity contribution in [1.29, 1.82) is 0 Å². The first kappa shape index (κ1) is 24.1. The van der Waals surface area contributed by atoms with Crippen LogP contribution >= 0.6 is 0 Å². The Hall–Kier alpha value is -4.07. The Bertz CT molecular complexity index is 1270. The van der Waals surface area contributed by atoms with Crippen LogP contribution in [0.2, 0.25) is 0 Å². The number of nitrogens with zero attached hydrogens (tertiary/aromatic N) is 4. The maximum Gasteiger partial charge on any atom is 0.272 e. The zero-order chi connectivity index (χ0) is 25.3. The number of amides is 3. The molecule has 0 saturated carbocycles. The van der Waals surface area contributed by atoms with E-state index in [2.05, 4.69) is 26.7 Å². The molecule has 1 saturated heterocycles. The summed E-state index contributed by atoms with van der Waals surface area (Å²) < 4.78 is 4.89. The second-order valence-electron chi connectivity index (χ2n) is 8.48. The van der Waals surface area contributed by atoms with Gasteiger partial charge in [-0.05, 0) is 18.2 Å². The Morgan fingerprint density at radius 2 is 1.29 bits per heavy atom. The minimum Gasteiger partial charge on any atom is -0.397 e. The summed E-state index contributed by atoms with van der Waals surface area (Å²) in [6, 6.07) is 4.77. The third kappa shape index (κ3) is 5.54. The molecule has 13 nitrogen and oxygen atoms in total. The number of hydrazine groups is 1. The molecule has 2 unspecified atom stereocenters. The molecule has 0 spiro atoms. The highest BCUT2D eigenvalue weighted by atomic mass is 16.2. The number of hydrogen-bond acceptors (Lipinski definition) is 7. The van der Waals surface area contributed by atoms with Crippen LogP contribution in [0.5, 0.6) is 0 Å². The van der Waals surface area contributed by atoms with Gasteiger partial charge in [0.1, 0.15) is 23.4 Å². The highest BCUT2D eigenvalue weighted by Crippen LogP contribution is 2.19. The first-order valence-corrected chi connectivity index (χ1v) is 11.0. The van der Waals surface area contributed by atoms with E-state index < -0.39 is 0 Å². The van der Waals surface area contributed by atoms with Gasteiger partial charge in [0.05, 0.1) is 17.1 Å². The van der Waals surface area contributed by atoms with Gasteiger partial charge < -0.3 is 35.4 Å². The van der Waals surface area contributed by atoms with Gasteiger partial charge >= 0.3 is 0 Å². The molecular formula is C22H30N10O3. The fourth-order valence-corrected chi connectivity index (χ4v) is 3.74. The third-order valence-electron chi connectivity index (χ3n) is 5.64. The number of carbonyl (C=O) groups is 3. The van der Waals surface area contributed by atoms with Crippen LogP contribution in [0.1, 0.15) is 31.5 Å². The van der Waals surface area contributed by atoms with Crippen LogP contribution in [0.15, 0.2) is 36.8 Å². The predicted octanol–water partition coefficient (Wildman–Crippen LogP) is -0.158. The molecule has 1 fully saturated rings. The van der Waals surface area contributed by atoms with E-state index in [0.717, 1.165) is 0 Å². The van der Waals surface area contributed by atoms with Crippen LogP contribution in [0.25, 0.3) is 0 Å². The maximum absolute atomic E-state index is 12.9. The average molecular weight is 483 g/mol. The summed E-state index contributed by atoms with van der Waals surface area (Å²) in [7, 11) is 7.09. The molecule has 186 valence electrons. The Kier molecular flexibility index (Phi) is 6.64. The number of anilines is 3. The van der Waals surface area contributed by atoms with Gasteiger partial charge in [0.15, 0.2) is 0 Å². The van der Waals surface area contributed by atoms with Gasteiger partial charge in [-0.2, -0.15) is 0 Å². The highest BCUT2D eigenvalue weighted by molar-refractivity contribution is 6.07. The second-order valence-corrected chi connectivity index (χ2v) is 8.48. The summed E-state index contributed by atoms with van der Waals surface area (Å²) >= 11 is 0. The zero-order valence-electron chi connectivity index (χ0n) is 20.0. The first-order valence-electron chi connectivity index (χ1n) is 11.0. The molecule has 1 aliphatic rings. The molecule has 7 N–H and O–H groups in total. The second kappa shape index (κ2) is 9.66. The van der Waals surface area contributed by atoms with Gasteiger partial charge in [0.25, 0.3) is 17.7 Å². The average Bonchev–Trinajstić information content (AvgIpc) is 3.07. The Labute approximate surface area is 202 Å². The lowest BCUT2D eigenvalue weighted by molar-refractivity contribution is 0.0944. The van der Waals surface area contributed by atoms with Gasteiger partial charge in [0, 0.05) is 59.9 Å². The number of nitrogen functional groups attached to an aromatic ring is 1. The predicted molar refractivity (Wildman–Crippen MR) is 132 cm³/mol. The summed E-state index contributed by atoms with van der Waals surface area (Å²) in [5.41, 5.74) is 11.4. The van der Waals surface area contributed by atoms with E-state index >= 15 is 0 Å². The van der Waals surface area contributed by atoms with E-state index in [9.17, 15) is 14.4 Å². The number of rotatable bonds is 9. The summed E-state index contributed by atoms with van der Waals surface area (Å²) in [5.74, 6) is -0.952. The molecule has 3 aromatic rings. The van der Waals surface area contributed by atoms with E-state index in [4.69, 9.17) is 5.73 Å². The van der Waals surface area contributed by atoms with Crippen molar-refractivity contribution in [3.05, 3.63) is 53.9 Å².